The second-order valence-electron chi connectivity index (χ2n) is 11.8. The van der Waals surface area contributed by atoms with E-state index in [1.165, 1.54) is 0 Å². The maximum absolute atomic E-state index is 13.4. The molecule has 2 aromatic carbocycles. The summed E-state index contributed by atoms with van der Waals surface area (Å²) in [6, 6.07) is 13.0. The number of hydrogen-bond donors (Lipinski definition) is 4. The number of carbonyl (C=O) groups excluding carboxylic acids is 3. The number of methoxy groups -OCH3 is 1. The number of aromatic nitrogens is 3. The number of nitrogens with one attached hydrogen (secondary N) is 3. The van der Waals surface area contributed by atoms with E-state index in [0.717, 1.165) is 23.2 Å². The van der Waals surface area contributed by atoms with E-state index < -0.39 is 5.91 Å². The molecule has 0 spiro atoms. The van der Waals surface area contributed by atoms with Gasteiger partial charge in [0.05, 0.1) is 47.3 Å². The second-order valence-corrected chi connectivity index (χ2v) is 12.5. The van der Waals surface area contributed by atoms with E-state index in [2.05, 4.69) is 25.9 Å². The van der Waals surface area contributed by atoms with E-state index >= 15 is 0 Å². The highest BCUT2D eigenvalue weighted by molar-refractivity contribution is 6.39. The van der Waals surface area contributed by atoms with Crippen LogP contribution < -0.4 is 26.4 Å². The van der Waals surface area contributed by atoms with Gasteiger partial charge in [0.1, 0.15) is 5.75 Å². The second kappa shape index (κ2) is 14.3. The molecule has 0 saturated carbocycles. The number of carbonyl (C=O) groups is 3. The van der Waals surface area contributed by atoms with Crippen LogP contribution in [0, 0.1) is 0 Å². The Morgan fingerprint density at radius 1 is 1.12 bits per heavy atom. The highest BCUT2D eigenvalue weighted by atomic mass is 35.5. The summed E-state index contributed by atoms with van der Waals surface area (Å²) in [4.78, 5) is 47.8. The van der Waals surface area contributed by atoms with E-state index in [-0.39, 0.29) is 30.2 Å². The minimum absolute atomic E-state index is 0.0738. The monoisotopic (exact) mass is 690 g/mol. The molecule has 12 nitrogen and oxygen atoms in total. The third kappa shape index (κ3) is 6.74. The number of halogens is 2. The van der Waals surface area contributed by atoms with Crippen molar-refractivity contribution in [3.8, 4) is 28.1 Å². The van der Waals surface area contributed by atoms with Crippen molar-refractivity contribution in [1.29, 1.82) is 0 Å². The van der Waals surface area contributed by atoms with Crippen molar-refractivity contribution in [2.24, 2.45) is 12.8 Å². The predicted octanol–water partition coefficient (Wildman–Crippen LogP) is 3.93. The lowest BCUT2D eigenvalue weighted by molar-refractivity contribution is -0.130. The molecule has 2 aliphatic rings. The van der Waals surface area contributed by atoms with Crippen LogP contribution in [0.5, 0.6) is 5.75 Å². The standard InChI is InChI=1S/C34H36Cl2N8O4/c1-43-26-11-13-44(29(46)15-37)18-25(26)41-33(43)34(47)42-24-5-3-4-22(30(24)35)23-10-12-39-32(31(23)36)19-6-7-20(27(14-19)48-2)16-38-17-21-8-9-28(45)40-21/h3-7,10,12,14,21,38H,8-9,11,13,15-18,37H2,1-2H3,(H,40,45)(H,42,47). The summed E-state index contributed by atoms with van der Waals surface area (Å²) in [6.45, 7) is 1.99. The molecule has 0 aliphatic carbocycles. The smallest absolute Gasteiger partial charge is 0.291 e. The molecule has 2 aliphatic heterocycles. The van der Waals surface area contributed by atoms with Crippen molar-refractivity contribution in [1.82, 2.24) is 30.1 Å². The van der Waals surface area contributed by atoms with Crippen molar-refractivity contribution in [3.05, 3.63) is 81.5 Å². The predicted molar refractivity (Wildman–Crippen MR) is 184 cm³/mol. The van der Waals surface area contributed by atoms with Gasteiger partial charge in [-0.05, 0) is 24.6 Å². The number of nitrogens with two attached hydrogens (primary N) is 1. The van der Waals surface area contributed by atoms with Crippen LogP contribution in [-0.4, -0.2) is 69.9 Å². The Morgan fingerprint density at radius 3 is 2.69 bits per heavy atom. The largest absolute Gasteiger partial charge is 0.496 e. The Bertz CT molecular complexity index is 1900. The molecule has 250 valence electrons. The number of amides is 3. The number of nitrogens with zero attached hydrogens (tertiary/aromatic N) is 4. The van der Waals surface area contributed by atoms with Crippen LogP contribution in [0.4, 0.5) is 5.69 Å². The first kappa shape index (κ1) is 33.4. The van der Waals surface area contributed by atoms with E-state index in [1.807, 2.05) is 24.3 Å². The summed E-state index contributed by atoms with van der Waals surface area (Å²) in [6.07, 6.45) is 3.62. The van der Waals surface area contributed by atoms with E-state index in [1.54, 1.807) is 48.0 Å². The molecular weight excluding hydrogens is 655 g/mol. The van der Waals surface area contributed by atoms with Crippen LogP contribution in [0.15, 0.2) is 48.7 Å². The lowest BCUT2D eigenvalue weighted by Crippen LogP contribution is -2.39. The topological polar surface area (TPSA) is 156 Å². The molecule has 1 saturated heterocycles. The first-order valence-corrected chi connectivity index (χ1v) is 16.4. The number of benzene rings is 2. The van der Waals surface area contributed by atoms with Gasteiger partial charge < -0.3 is 35.9 Å². The Kier molecular flexibility index (Phi) is 9.97. The number of hydrogen-bond acceptors (Lipinski definition) is 8. The van der Waals surface area contributed by atoms with Crippen molar-refractivity contribution in [2.45, 2.75) is 38.4 Å². The van der Waals surface area contributed by atoms with Crippen LogP contribution in [0.3, 0.4) is 0 Å². The van der Waals surface area contributed by atoms with Gasteiger partial charge in [-0.25, -0.2) is 4.98 Å². The minimum Gasteiger partial charge on any atom is -0.496 e. The number of fused-ring (bicyclic) bond motifs is 1. The molecule has 4 aromatic rings. The zero-order valence-electron chi connectivity index (χ0n) is 26.6. The Hall–Kier alpha value is -4.49. The highest BCUT2D eigenvalue weighted by Crippen LogP contribution is 2.41. The average molecular weight is 692 g/mol. The van der Waals surface area contributed by atoms with Crippen molar-refractivity contribution in [2.75, 3.05) is 32.1 Å². The summed E-state index contributed by atoms with van der Waals surface area (Å²) < 4.78 is 7.45. The van der Waals surface area contributed by atoms with Crippen LogP contribution in [0.1, 0.15) is 40.4 Å². The van der Waals surface area contributed by atoms with E-state index in [4.69, 9.17) is 33.7 Å². The molecule has 14 heteroatoms. The van der Waals surface area contributed by atoms with Gasteiger partial charge >= 0.3 is 0 Å². The number of ether oxygens (including phenoxy) is 1. The Balaban J connectivity index is 1.21. The molecule has 1 atom stereocenters. The normalized spacial score (nSPS) is 15.6. The Morgan fingerprint density at radius 2 is 1.94 bits per heavy atom. The van der Waals surface area contributed by atoms with Crippen LogP contribution in [-0.2, 0) is 36.1 Å². The van der Waals surface area contributed by atoms with Crippen LogP contribution in [0.25, 0.3) is 22.4 Å². The number of pyridine rings is 1. The summed E-state index contributed by atoms with van der Waals surface area (Å²) in [5, 5.41) is 9.95. The lowest BCUT2D eigenvalue weighted by Gasteiger charge is -2.26. The summed E-state index contributed by atoms with van der Waals surface area (Å²) in [5.74, 6) is 0.392. The molecule has 1 fully saturated rings. The van der Waals surface area contributed by atoms with Crippen molar-refractivity contribution >= 4 is 46.6 Å². The van der Waals surface area contributed by atoms with Crippen molar-refractivity contribution in [3.63, 3.8) is 0 Å². The number of rotatable bonds is 10. The molecule has 0 bridgehead atoms. The molecule has 1 unspecified atom stereocenters. The fourth-order valence-corrected chi connectivity index (χ4v) is 6.79. The average Bonchev–Trinajstić information content (AvgIpc) is 3.67. The first-order valence-electron chi connectivity index (χ1n) is 15.6. The van der Waals surface area contributed by atoms with Crippen molar-refractivity contribution < 1.29 is 19.1 Å². The highest BCUT2D eigenvalue weighted by Gasteiger charge is 2.28. The molecule has 48 heavy (non-hydrogen) atoms. The molecule has 0 radical (unpaired) electrons. The summed E-state index contributed by atoms with van der Waals surface area (Å²) in [7, 11) is 3.40. The van der Waals surface area contributed by atoms with Gasteiger partial charge in [-0.3, -0.25) is 19.4 Å². The maximum Gasteiger partial charge on any atom is 0.291 e. The quantitative estimate of drug-likeness (QED) is 0.195. The van der Waals surface area contributed by atoms with Crippen LogP contribution in [0.2, 0.25) is 10.0 Å². The molecule has 6 rings (SSSR count). The zero-order valence-corrected chi connectivity index (χ0v) is 28.1. The Labute approximate surface area is 288 Å². The van der Waals surface area contributed by atoms with Gasteiger partial charge in [0, 0.05) is 79.7 Å². The fourth-order valence-electron chi connectivity index (χ4n) is 6.19. The number of anilines is 1. The SMILES string of the molecule is COc1cc(-c2nccc(-c3cccc(NC(=O)c4nc5c(n4C)CCN(C(=O)CN)C5)c3Cl)c2Cl)ccc1CNCC1CCC(=O)N1. The van der Waals surface area contributed by atoms with Gasteiger partial charge in [-0.2, -0.15) is 0 Å². The van der Waals surface area contributed by atoms with Gasteiger partial charge in [0.15, 0.2) is 5.82 Å². The molecule has 4 heterocycles. The van der Waals surface area contributed by atoms with E-state index in [0.29, 0.717) is 83.0 Å². The number of imidazole rings is 1. The van der Waals surface area contributed by atoms with E-state index in [9.17, 15) is 14.4 Å². The molecule has 2 aromatic heterocycles. The molecule has 5 N–H and O–H groups in total. The molecular formula is C34H36Cl2N8O4. The van der Waals surface area contributed by atoms with Gasteiger partial charge in [-0.15, -0.1) is 0 Å². The lowest BCUT2D eigenvalue weighted by atomic mass is 10.0. The maximum atomic E-state index is 13.4. The third-order valence-electron chi connectivity index (χ3n) is 8.76. The van der Waals surface area contributed by atoms with Gasteiger partial charge in [0.25, 0.3) is 5.91 Å². The third-order valence-corrected chi connectivity index (χ3v) is 9.55. The first-order chi connectivity index (χ1) is 23.2. The van der Waals surface area contributed by atoms with Crippen LogP contribution >= 0.6 is 23.2 Å². The summed E-state index contributed by atoms with van der Waals surface area (Å²) in [5.41, 5.74) is 11.0. The van der Waals surface area contributed by atoms with Gasteiger partial charge in [-0.1, -0.05) is 47.5 Å². The summed E-state index contributed by atoms with van der Waals surface area (Å²) >= 11 is 13.9. The fraction of sp³-hybridized carbons (Fsp3) is 0.324. The zero-order chi connectivity index (χ0) is 33.9. The minimum atomic E-state index is -0.432. The van der Waals surface area contributed by atoms with Gasteiger partial charge in [0.2, 0.25) is 11.8 Å². The molecule has 3 amide bonds.